The molecule has 1 amide bonds. The van der Waals surface area contributed by atoms with Crippen molar-refractivity contribution >= 4 is 17.6 Å². The number of anilines is 1. The van der Waals surface area contributed by atoms with Crippen molar-refractivity contribution in [3.05, 3.63) is 65.0 Å². The maximum absolute atomic E-state index is 13.5. The first-order chi connectivity index (χ1) is 9.90. The molecule has 108 valence electrons. The second-order valence-electron chi connectivity index (χ2n) is 4.05. The molecule has 0 spiro atoms. The van der Waals surface area contributed by atoms with E-state index in [0.29, 0.717) is 0 Å². The Morgan fingerprint density at radius 1 is 1.00 bits per heavy atom. The van der Waals surface area contributed by atoms with Gasteiger partial charge < -0.3 is 10.4 Å². The number of carboxylic acid groups (broad SMARTS) is 1. The fourth-order valence-electron chi connectivity index (χ4n) is 1.68. The summed E-state index contributed by atoms with van der Waals surface area (Å²) in [4.78, 5) is 22.8. The molecule has 0 aliphatic heterocycles. The highest BCUT2D eigenvalue weighted by atomic mass is 19.2. The second kappa shape index (κ2) is 5.66. The number of benzene rings is 2. The summed E-state index contributed by atoms with van der Waals surface area (Å²) >= 11 is 0. The Kier molecular flexibility index (Phi) is 3.93. The summed E-state index contributed by atoms with van der Waals surface area (Å²) < 4.78 is 39.6. The first-order valence-corrected chi connectivity index (χ1v) is 5.68. The van der Waals surface area contributed by atoms with E-state index in [9.17, 15) is 22.8 Å². The van der Waals surface area contributed by atoms with Gasteiger partial charge in [0, 0.05) is 0 Å². The fraction of sp³-hybridized carbons (Fsp3) is 0. The molecule has 2 N–H and O–H groups in total. The number of halogens is 3. The fourth-order valence-corrected chi connectivity index (χ4v) is 1.68. The molecule has 0 atom stereocenters. The van der Waals surface area contributed by atoms with Crippen molar-refractivity contribution in [1.82, 2.24) is 0 Å². The quantitative estimate of drug-likeness (QED) is 0.914. The molecule has 0 fully saturated rings. The number of carboxylic acids is 1. The Morgan fingerprint density at radius 3 is 2.38 bits per heavy atom. The van der Waals surface area contributed by atoms with Crippen molar-refractivity contribution in [2.45, 2.75) is 0 Å². The third kappa shape index (κ3) is 3.02. The zero-order valence-electron chi connectivity index (χ0n) is 10.4. The summed E-state index contributed by atoms with van der Waals surface area (Å²) in [7, 11) is 0. The smallest absolute Gasteiger partial charge is 0.337 e. The molecule has 2 aromatic rings. The Bertz CT molecular complexity index is 731. The molecule has 0 heterocycles. The molecule has 0 saturated heterocycles. The number of aromatic carboxylic acids is 1. The second-order valence-corrected chi connectivity index (χ2v) is 4.05. The molecular weight excluding hydrogens is 287 g/mol. The van der Waals surface area contributed by atoms with Crippen LogP contribution in [0.2, 0.25) is 0 Å². The summed E-state index contributed by atoms with van der Waals surface area (Å²) in [5.41, 5.74) is -1.34. The van der Waals surface area contributed by atoms with E-state index in [1.165, 1.54) is 0 Å². The standard InChI is InChI=1S/C14H8F3NO3/c15-7-4-5-8(14(20)21)11(6-7)18-13(19)9-2-1-3-10(16)12(9)17/h1-6H,(H,18,19)(H,20,21). The lowest BCUT2D eigenvalue weighted by atomic mass is 10.1. The topological polar surface area (TPSA) is 66.4 Å². The van der Waals surface area contributed by atoms with Gasteiger partial charge in [0.1, 0.15) is 5.82 Å². The van der Waals surface area contributed by atoms with E-state index < -0.39 is 34.9 Å². The Hall–Kier alpha value is -2.83. The van der Waals surface area contributed by atoms with Crippen LogP contribution in [0.25, 0.3) is 0 Å². The van der Waals surface area contributed by atoms with Gasteiger partial charge >= 0.3 is 5.97 Å². The van der Waals surface area contributed by atoms with Crippen molar-refractivity contribution in [3.8, 4) is 0 Å². The number of nitrogens with one attached hydrogen (secondary N) is 1. The highest BCUT2D eigenvalue weighted by Crippen LogP contribution is 2.19. The predicted octanol–water partition coefficient (Wildman–Crippen LogP) is 3.05. The molecule has 0 saturated carbocycles. The molecule has 0 unspecified atom stereocenters. The highest BCUT2D eigenvalue weighted by molar-refractivity contribution is 6.07. The SMILES string of the molecule is O=C(O)c1ccc(F)cc1NC(=O)c1cccc(F)c1F. The van der Waals surface area contributed by atoms with Crippen LogP contribution in [0.3, 0.4) is 0 Å². The number of carbonyl (C=O) groups excluding carboxylic acids is 1. The van der Waals surface area contributed by atoms with Gasteiger partial charge in [0.2, 0.25) is 0 Å². The van der Waals surface area contributed by atoms with Gasteiger partial charge in [-0.05, 0) is 30.3 Å². The van der Waals surface area contributed by atoms with Gasteiger partial charge in [-0.2, -0.15) is 0 Å². The van der Waals surface area contributed by atoms with Gasteiger partial charge in [0.05, 0.1) is 16.8 Å². The molecule has 0 aliphatic rings. The zero-order valence-corrected chi connectivity index (χ0v) is 10.4. The van der Waals surface area contributed by atoms with E-state index in [4.69, 9.17) is 5.11 Å². The van der Waals surface area contributed by atoms with Crippen molar-refractivity contribution < 1.29 is 27.9 Å². The van der Waals surface area contributed by atoms with Crippen LogP contribution in [0, 0.1) is 17.5 Å². The van der Waals surface area contributed by atoms with Crippen LogP contribution in [0.5, 0.6) is 0 Å². The maximum Gasteiger partial charge on any atom is 0.337 e. The average molecular weight is 295 g/mol. The summed E-state index contributed by atoms with van der Waals surface area (Å²) in [6.07, 6.45) is 0. The first-order valence-electron chi connectivity index (χ1n) is 5.68. The van der Waals surface area contributed by atoms with E-state index in [1.807, 2.05) is 0 Å². The van der Waals surface area contributed by atoms with Gasteiger partial charge in [-0.25, -0.2) is 18.0 Å². The number of carbonyl (C=O) groups is 2. The first kappa shape index (κ1) is 14.6. The minimum absolute atomic E-state index is 0.351. The van der Waals surface area contributed by atoms with E-state index in [-0.39, 0.29) is 11.3 Å². The Morgan fingerprint density at radius 2 is 1.71 bits per heavy atom. The van der Waals surface area contributed by atoms with Crippen LogP contribution in [-0.2, 0) is 0 Å². The van der Waals surface area contributed by atoms with Crippen LogP contribution in [0.1, 0.15) is 20.7 Å². The van der Waals surface area contributed by atoms with Gasteiger partial charge in [0.25, 0.3) is 5.91 Å². The molecular formula is C14H8F3NO3. The number of amides is 1. The lowest BCUT2D eigenvalue weighted by Gasteiger charge is -2.09. The summed E-state index contributed by atoms with van der Waals surface area (Å²) in [5.74, 6) is -5.86. The molecule has 2 aromatic carbocycles. The number of hydrogen-bond donors (Lipinski definition) is 2. The summed E-state index contributed by atoms with van der Waals surface area (Å²) in [5, 5.41) is 11.0. The zero-order chi connectivity index (χ0) is 15.6. The van der Waals surface area contributed by atoms with E-state index in [0.717, 1.165) is 36.4 Å². The van der Waals surface area contributed by atoms with Gasteiger partial charge in [0.15, 0.2) is 11.6 Å². The largest absolute Gasteiger partial charge is 0.478 e. The minimum Gasteiger partial charge on any atom is -0.478 e. The van der Waals surface area contributed by atoms with Gasteiger partial charge in [-0.3, -0.25) is 4.79 Å². The molecule has 7 heteroatoms. The summed E-state index contributed by atoms with van der Waals surface area (Å²) in [6.45, 7) is 0. The molecule has 0 bridgehead atoms. The minimum atomic E-state index is -1.40. The van der Waals surface area contributed by atoms with Gasteiger partial charge in [-0.15, -0.1) is 0 Å². The van der Waals surface area contributed by atoms with Gasteiger partial charge in [-0.1, -0.05) is 6.07 Å². The van der Waals surface area contributed by atoms with Crippen molar-refractivity contribution in [2.75, 3.05) is 5.32 Å². The molecule has 0 aromatic heterocycles. The molecule has 21 heavy (non-hydrogen) atoms. The lowest BCUT2D eigenvalue weighted by molar-refractivity contribution is 0.0698. The van der Waals surface area contributed by atoms with E-state index >= 15 is 0 Å². The third-order valence-electron chi connectivity index (χ3n) is 2.66. The van der Waals surface area contributed by atoms with Crippen LogP contribution < -0.4 is 5.32 Å². The average Bonchev–Trinajstić information content (AvgIpc) is 2.41. The maximum atomic E-state index is 13.5. The normalized spacial score (nSPS) is 10.2. The molecule has 0 aliphatic carbocycles. The lowest BCUT2D eigenvalue weighted by Crippen LogP contribution is -2.17. The monoisotopic (exact) mass is 295 g/mol. The van der Waals surface area contributed by atoms with Crippen molar-refractivity contribution in [1.29, 1.82) is 0 Å². The van der Waals surface area contributed by atoms with Crippen LogP contribution in [0.15, 0.2) is 36.4 Å². The van der Waals surface area contributed by atoms with Crippen molar-refractivity contribution in [2.24, 2.45) is 0 Å². The number of rotatable bonds is 3. The molecule has 2 rings (SSSR count). The molecule has 4 nitrogen and oxygen atoms in total. The van der Waals surface area contributed by atoms with Crippen LogP contribution in [0.4, 0.5) is 18.9 Å². The molecule has 0 radical (unpaired) electrons. The number of hydrogen-bond acceptors (Lipinski definition) is 2. The van der Waals surface area contributed by atoms with E-state index in [1.54, 1.807) is 0 Å². The Balaban J connectivity index is 2.38. The van der Waals surface area contributed by atoms with Crippen molar-refractivity contribution in [3.63, 3.8) is 0 Å². The van der Waals surface area contributed by atoms with E-state index in [2.05, 4.69) is 5.32 Å². The van der Waals surface area contributed by atoms with Crippen LogP contribution >= 0.6 is 0 Å². The Labute approximate surface area is 116 Å². The summed E-state index contributed by atoms with van der Waals surface area (Å²) in [6, 6.07) is 5.61. The highest BCUT2D eigenvalue weighted by Gasteiger charge is 2.18. The third-order valence-corrected chi connectivity index (χ3v) is 2.66. The predicted molar refractivity (Wildman–Crippen MR) is 67.7 cm³/mol. The van der Waals surface area contributed by atoms with Crippen LogP contribution in [-0.4, -0.2) is 17.0 Å².